The quantitative estimate of drug-likeness (QED) is 0.199. The van der Waals surface area contributed by atoms with Crippen LogP contribution in [0.15, 0.2) is 56.8 Å². The molecule has 0 radical (unpaired) electrons. The summed E-state index contributed by atoms with van der Waals surface area (Å²) in [5, 5.41) is 0.296. The number of nitrogens with zero attached hydrogens (tertiary/aromatic N) is 3. The van der Waals surface area contributed by atoms with Gasteiger partial charge in [-0.2, -0.15) is 0 Å². The summed E-state index contributed by atoms with van der Waals surface area (Å²) in [5.74, 6) is -0.148. The van der Waals surface area contributed by atoms with Crippen LogP contribution in [0.25, 0.3) is 21.0 Å². The number of esters is 1. The van der Waals surface area contributed by atoms with E-state index in [1.807, 2.05) is 44.2 Å². The maximum absolute atomic E-state index is 14.4. The van der Waals surface area contributed by atoms with Gasteiger partial charge in [-0.15, -0.1) is 11.3 Å². The predicted molar refractivity (Wildman–Crippen MR) is 175 cm³/mol. The second kappa shape index (κ2) is 13.7. The number of aromatic nitrogens is 3. The number of thiophene rings is 1. The molecule has 11 heteroatoms. The molecule has 1 aliphatic carbocycles. The molecule has 3 aromatic heterocycles. The third-order valence-corrected chi connectivity index (χ3v) is 8.97. The fourth-order valence-electron chi connectivity index (χ4n) is 5.38. The van der Waals surface area contributed by atoms with Gasteiger partial charge in [0.25, 0.3) is 5.56 Å². The molecule has 0 saturated heterocycles. The number of oxazole rings is 1. The van der Waals surface area contributed by atoms with Crippen molar-refractivity contribution in [3.8, 4) is 10.8 Å². The SMILES string of the molecule is CC.Cc1c(-c2ncco2)sc2c1c(=O)n(C(C)(C)C(=O)OC(C)(C)C)c(=O)n2CC(OC1CCC(=O)CC1)c1ccccc1. The summed E-state index contributed by atoms with van der Waals surface area (Å²) in [6.45, 7) is 14.1. The lowest BCUT2D eigenvalue weighted by atomic mass is 9.96. The molecular formula is C34H43N3O7S. The van der Waals surface area contributed by atoms with Crippen molar-refractivity contribution in [2.24, 2.45) is 0 Å². The summed E-state index contributed by atoms with van der Waals surface area (Å²) >= 11 is 1.23. The number of fused-ring (bicyclic) bond motifs is 1. The molecule has 10 nitrogen and oxygen atoms in total. The van der Waals surface area contributed by atoms with E-state index in [0.717, 1.165) is 10.1 Å². The number of carbonyl (C=O) groups is 2. The van der Waals surface area contributed by atoms with Crippen molar-refractivity contribution < 1.29 is 23.5 Å². The molecule has 0 bridgehead atoms. The number of aryl methyl sites for hydroxylation is 1. The Labute approximate surface area is 267 Å². The smallest absolute Gasteiger partial charge is 0.333 e. The number of hydrogen-bond donors (Lipinski definition) is 0. The zero-order valence-electron chi connectivity index (χ0n) is 27.3. The standard InChI is InChI=1S/C32H37N3O7S.C2H6/c1-19-24-27(37)35(32(5,6)29(38)42-31(2,3)4)30(39)34(28(24)43-25(19)26-33-16-17-40-26)18-23(20-10-8-7-9-11-20)41-22-14-12-21(36)13-15-22;1-2/h7-11,16-17,22-23H,12-15,18H2,1-6H3;1-2H3. The van der Waals surface area contributed by atoms with Gasteiger partial charge in [-0.3, -0.25) is 14.2 Å². The molecule has 0 amide bonds. The molecule has 1 aliphatic rings. The Morgan fingerprint density at radius 3 is 2.29 bits per heavy atom. The summed E-state index contributed by atoms with van der Waals surface area (Å²) in [5.41, 5.74) is -2.26. The van der Waals surface area contributed by atoms with Gasteiger partial charge in [-0.25, -0.2) is 19.1 Å². The van der Waals surface area contributed by atoms with Gasteiger partial charge in [-0.05, 0) is 65.5 Å². The second-order valence-electron chi connectivity index (χ2n) is 12.4. The largest absolute Gasteiger partial charge is 0.458 e. The molecule has 5 rings (SSSR count). The number of ketones is 1. The third-order valence-electron chi connectivity index (χ3n) is 7.66. The normalized spacial score (nSPS) is 15.1. The number of hydrogen-bond acceptors (Lipinski definition) is 9. The highest BCUT2D eigenvalue weighted by Crippen LogP contribution is 2.37. The number of Topliss-reactive ketones (excluding diaryl/α,β-unsaturated/α-hetero) is 1. The van der Waals surface area contributed by atoms with Crippen molar-refractivity contribution in [1.82, 2.24) is 14.1 Å². The number of ether oxygens (including phenoxy) is 2. The minimum absolute atomic E-state index is 0.0689. The summed E-state index contributed by atoms with van der Waals surface area (Å²) in [6, 6.07) is 9.56. The Kier molecular flexibility index (Phi) is 10.3. The van der Waals surface area contributed by atoms with E-state index in [-0.39, 0.29) is 18.4 Å². The molecule has 3 heterocycles. The van der Waals surface area contributed by atoms with Crippen molar-refractivity contribution in [1.29, 1.82) is 0 Å². The molecule has 1 atom stereocenters. The van der Waals surface area contributed by atoms with Crippen LogP contribution in [-0.2, 0) is 31.1 Å². The monoisotopic (exact) mass is 637 g/mol. The topological polar surface area (TPSA) is 123 Å². The lowest BCUT2D eigenvalue weighted by Gasteiger charge is -2.31. The molecular weight excluding hydrogens is 594 g/mol. The van der Waals surface area contributed by atoms with Crippen LogP contribution >= 0.6 is 11.3 Å². The molecule has 4 aromatic rings. The van der Waals surface area contributed by atoms with Crippen molar-refractivity contribution in [2.75, 3.05) is 0 Å². The van der Waals surface area contributed by atoms with E-state index in [2.05, 4.69) is 4.98 Å². The van der Waals surface area contributed by atoms with Gasteiger partial charge in [0.2, 0.25) is 5.89 Å². The molecule has 242 valence electrons. The number of carbonyl (C=O) groups excluding carboxylic acids is 2. The lowest BCUT2D eigenvalue weighted by molar-refractivity contribution is -0.164. The summed E-state index contributed by atoms with van der Waals surface area (Å²) in [7, 11) is 0. The first-order valence-corrected chi connectivity index (χ1v) is 16.2. The van der Waals surface area contributed by atoms with E-state index >= 15 is 0 Å². The number of rotatable bonds is 8. The van der Waals surface area contributed by atoms with Gasteiger partial charge in [0.1, 0.15) is 34.1 Å². The van der Waals surface area contributed by atoms with E-state index in [9.17, 15) is 19.2 Å². The zero-order valence-corrected chi connectivity index (χ0v) is 28.2. The zero-order chi connectivity index (χ0) is 33.1. The number of benzene rings is 1. The summed E-state index contributed by atoms with van der Waals surface area (Å²) in [4.78, 5) is 59.2. The van der Waals surface area contributed by atoms with Crippen molar-refractivity contribution >= 4 is 33.3 Å². The van der Waals surface area contributed by atoms with Crippen LogP contribution in [-0.4, -0.2) is 37.6 Å². The highest BCUT2D eigenvalue weighted by atomic mass is 32.1. The van der Waals surface area contributed by atoms with Crippen LogP contribution < -0.4 is 11.2 Å². The van der Waals surface area contributed by atoms with E-state index in [0.29, 0.717) is 52.2 Å². The lowest BCUT2D eigenvalue weighted by Crippen LogP contribution is -2.54. The first kappa shape index (κ1) is 34.1. The fourth-order valence-corrected chi connectivity index (χ4v) is 6.62. The Bertz CT molecular complexity index is 1750. The first-order chi connectivity index (χ1) is 21.3. The predicted octanol–water partition coefficient (Wildman–Crippen LogP) is 6.56. The molecule has 0 aliphatic heterocycles. The van der Waals surface area contributed by atoms with Crippen molar-refractivity contribution in [3.63, 3.8) is 0 Å². The van der Waals surface area contributed by atoms with Crippen LogP contribution in [0, 0.1) is 6.92 Å². The summed E-state index contributed by atoms with van der Waals surface area (Å²) in [6.07, 6.45) is 4.35. The second-order valence-corrected chi connectivity index (χ2v) is 13.4. The van der Waals surface area contributed by atoms with Gasteiger partial charge in [0.05, 0.1) is 29.1 Å². The first-order valence-electron chi connectivity index (χ1n) is 15.4. The Morgan fingerprint density at radius 2 is 1.71 bits per heavy atom. The third kappa shape index (κ3) is 7.20. The molecule has 45 heavy (non-hydrogen) atoms. The van der Waals surface area contributed by atoms with Crippen LogP contribution in [0.2, 0.25) is 0 Å². The van der Waals surface area contributed by atoms with Crippen LogP contribution in [0.5, 0.6) is 0 Å². The summed E-state index contributed by atoms with van der Waals surface area (Å²) < 4.78 is 20.3. The molecule has 0 spiro atoms. The van der Waals surface area contributed by atoms with E-state index < -0.39 is 34.5 Å². The van der Waals surface area contributed by atoms with Crippen LogP contribution in [0.4, 0.5) is 0 Å². The van der Waals surface area contributed by atoms with Crippen LogP contribution in [0.3, 0.4) is 0 Å². The van der Waals surface area contributed by atoms with Gasteiger partial charge in [-0.1, -0.05) is 44.2 Å². The van der Waals surface area contributed by atoms with E-state index in [1.54, 1.807) is 27.7 Å². The minimum Gasteiger partial charge on any atom is -0.458 e. The molecule has 0 N–H and O–H groups in total. The molecule has 1 saturated carbocycles. The maximum Gasteiger partial charge on any atom is 0.333 e. The van der Waals surface area contributed by atoms with E-state index in [4.69, 9.17) is 13.9 Å². The fraction of sp³-hybridized carbons (Fsp3) is 0.500. The Hall–Kier alpha value is -3.83. The Morgan fingerprint density at radius 1 is 1.07 bits per heavy atom. The molecule has 1 fully saturated rings. The van der Waals surface area contributed by atoms with E-state index in [1.165, 1.54) is 42.2 Å². The molecule has 1 unspecified atom stereocenters. The van der Waals surface area contributed by atoms with Crippen molar-refractivity contribution in [2.45, 2.75) is 111 Å². The highest BCUT2D eigenvalue weighted by Gasteiger charge is 2.39. The average Bonchev–Trinajstić information content (AvgIpc) is 3.64. The van der Waals surface area contributed by atoms with Gasteiger partial charge < -0.3 is 13.9 Å². The van der Waals surface area contributed by atoms with Gasteiger partial charge in [0, 0.05) is 12.8 Å². The highest BCUT2D eigenvalue weighted by molar-refractivity contribution is 7.22. The minimum atomic E-state index is -1.62. The average molecular weight is 638 g/mol. The van der Waals surface area contributed by atoms with Gasteiger partial charge >= 0.3 is 11.7 Å². The molecule has 1 aromatic carbocycles. The van der Waals surface area contributed by atoms with Gasteiger partial charge in [0.15, 0.2) is 0 Å². The van der Waals surface area contributed by atoms with Crippen LogP contribution in [0.1, 0.15) is 91.4 Å². The maximum atomic E-state index is 14.4. The van der Waals surface area contributed by atoms with Crippen molar-refractivity contribution in [3.05, 3.63) is 74.8 Å². The Balaban J connectivity index is 0.00000226.